The Morgan fingerprint density at radius 3 is 2.53 bits per heavy atom. The van der Waals surface area contributed by atoms with Gasteiger partial charge in [0.15, 0.2) is 0 Å². The topological polar surface area (TPSA) is 55.1 Å². The van der Waals surface area contributed by atoms with Crippen molar-refractivity contribution >= 4 is 40.5 Å². The number of halogens is 2. The summed E-state index contributed by atoms with van der Waals surface area (Å²) in [6.45, 7) is 1.88. The number of nitrogens with one attached hydrogen (secondary N) is 1. The van der Waals surface area contributed by atoms with E-state index in [1.807, 2.05) is 6.92 Å². The highest BCUT2D eigenvalue weighted by Gasteiger charge is 2.09. The monoisotopic (exact) mass is 294 g/mol. The molecule has 0 radical (unpaired) electrons. The van der Waals surface area contributed by atoms with Gasteiger partial charge in [0.1, 0.15) is 0 Å². The van der Waals surface area contributed by atoms with Crippen molar-refractivity contribution in [3.63, 3.8) is 0 Å². The molecule has 0 spiro atoms. The molecule has 1 amide bonds. The van der Waals surface area contributed by atoms with Gasteiger partial charge in [-0.25, -0.2) is 0 Å². The first-order valence-electron chi connectivity index (χ1n) is 5.60. The summed E-state index contributed by atoms with van der Waals surface area (Å²) in [5.74, 6) is -0.268. The van der Waals surface area contributed by atoms with Crippen molar-refractivity contribution in [2.75, 3.05) is 11.1 Å². The fourth-order valence-electron chi connectivity index (χ4n) is 1.58. The van der Waals surface area contributed by atoms with Gasteiger partial charge in [0.2, 0.25) is 0 Å². The molecule has 0 aromatic heterocycles. The minimum Gasteiger partial charge on any atom is -0.397 e. The summed E-state index contributed by atoms with van der Waals surface area (Å²) < 4.78 is 0. The molecule has 0 aliphatic carbocycles. The molecule has 0 fully saturated rings. The van der Waals surface area contributed by atoms with Crippen LogP contribution in [-0.4, -0.2) is 5.91 Å². The number of nitrogens with two attached hydrogens (primary N) is 1. The van der Waals surface area contributed by atoms with Crippen LogP contribution in [-0.2, 0) is 0 Å². The van der Waals surface area contributed by atoms with Gasteiger partial charge in [-0.2, -0.15) is 0 Å². The lowest BCUT2D eigenvalue weighted by atomic mass is 10.1. The number of anilines is 2. The van der Waals surface area contributed by atoms with Crippen molar-refractivity contribution in [3.8, 4) is 0 Å². The predicted molar refractivity (Wildman–Crippen MR) is 80.0 cm³/mol. The molecule has 2 rings (SSSR count). The molecule has 3 nitrogen and oxygen atoms in total. The van der Waals surface area contributed by atoms with Gasteiger partial charge in [-0.15, -0.1) is 0 Å². The molecule has 2 aromatic rings. The highest BCUT2D eigenvalue weighted by atomic mass is 35.5. The highest BCUT2D eigenvalue weighted by Crippen LogP contribution is 2.24. The second-order valence-corrected chi connectivity index (χ2v) is 4.99. The second-order valence-electron chi connectivity index (χ2n) is 4.15. The number of rotatable bonds is 2. The van der Waals surface area contributed by atoms with Crippen LogP contribution in [0, 0.1) is 6.92 Å². The zero-order chi connectivity index (χ0) is 14.0. The fourth-order valence-corrected chi connectivity index (χ4v) is 1.94. The molecule has 3 N–H and O–H groups in total. The van der Waals surface area contributed by atoms with E-state index < -0.39 is 0 Å². The lowest BCUT2D eigenvalue weighted by Gasteiger charge is -2.09. The molecule has 0 saturated heterocycles. The Labute approximate surface area is 121 Å². The maximum atomic E-state index is 12.1. The summed E-state index contributed by atoms with van der Waals surface area (Å²) in [5, 5.41) is 3.79. The van der Waals surface area contributed by atoms with Crippen LogP contribution in [0.4, 0.5) is 11.4 Å². The second kappa shape index (κ2) is 5.51. The largest absolute Gasteiger partial charge is 0.397 e. The SMILES string of the molecule is Cc1ccc(C(=O)Nc2ccc(Cl)cc2N)cc1Cl. The van der Waals surface area contributed by atoms with E-state index in [9.17, 15) is 4.79 Å². The van der Waals surface area contributed by atoms with Crippen LogP contribution in [0.15, 0.2) is 36.4 Å². The lowest BCUT2D eigenvalue weighted by Crippen LogP contribution is -2.13. The zero-order valence-electron chi connectivity index (χ0n) is 10.2. The third kappa shape index (κ3) is 3.19. The van der Waals surface area contributed by atoms with Crippen LogP contribution in [0.2, 0.25) is 10.0 Å². The standard InChI is InChI=1S/C14H12Cl2N2O/c1-8-2-3-9(6-11(8)16)14(19)18-13-5-4-10(15)7-12(13)17/h2-7H,17H2,1H3,(H,18,19). The molecule has 2 aromatic carbocycles. The number of aryl methyl sites for hydroxylation is 1. The van der Waals surface area contributed by atoms with Crippen LogP contribution < -0.4 is 11.1 Å². The van der Waals surface area contributed by atoms with Gasteiger partial charge >= 0.3 is 0 Å². The fraction of sp³-hybridized carbons (Fsp3) is 0.0714. The summed E-state index contributed by atoms with van der Waals surface area (Å²) in [7, 11) is 0. The first kappa shape index (κ1) is 13.7. The van der Waals surface area contributed by atoms with Gasteiger partial charge in [0, 0.05) is 15.6 Å². The third-order valence-corrected chi connectivity index (χ3v) is 3.34. The molecule has 0 heterocycles. The molecule has 5 heteroatoms. The Morgan fingerprint density at radius 1 is 1.16 bits per heavy atom. The van der Waals surface area contributed by atoms with Crippen molar-refractivity contribution in [1.29, 1.82) is 0 Å². The van der Waals surface area contributed by atoms with Crippen molar-refractivity contribution < 1.29 is 4.79 Å². The average Bonchev–Trinajstić information content (AvgIpc) is 2.36. The summed E-state index contributed by atoms with van der Waals surface area (Å²) >= 11 is 11.8. The number of amides is 1. The maximum absolute atomic E-state index is 12.1. The first-order chi connectivity index (χ1) is 8.97. The third-order valence-electron chi connectivity index (χ3n) is 2.70. The molecule has 0 atom stereocenters. The minimum absolute atomic E-state index is 0.268. The highest BCUT2D eigenvalue weighted by molar-refractivity contribution is 6.32. The van der Waals surface area contributed by atoms with Crippen molar-refractivity contribution in [3.05, 3.63) is 57.6 Å². The molecule has 0 saturated carbocycles. The minimum atomic E-state index is -0.268. The van der Waals surface area contributed by atoms with Crippen LogP contribution in [0.1, 0.15) is 15.9 Å². The number of carbonyl (C=O) groups is 1. The molecule has 0 aliphatic heterocycles. The van der Waals surface area contributed by atoms with E-state index in [1.54, 1.807) is 36.4 Å². The molecule has 0 bridgehead atoms. The Balaban J connectivity index is 2.23. The van der Waals surface area contributed by atoms with Gasteiger partial charge < -0.3 is 11.1 Å². The van der Waals surface area contributed by atoms with Crippen LogP contribution >= 0.6 is 23.2 Å². The normalized spacial score (nSPS) is 10.3. The van der Waals surface area contributed by atoms with Crippen LogP contribution in [0.3, 0.4) is 0 Å². The quantitative estimate of drug-likeness (QED) is 0.818. The molecular weight excluding hydrogens is 283 g/mol. The number of hydrogen-bond acceptors (Lipinski definition) is 2. The van der Waals surface area contributed by atoms with E-state index in [0.717, 1.165) is 5.56 Å². The maximum Gasteiger partial charge on any atom is 0.255 e. The summed E-state index contributed by atoms with van der Waals surface area (Å²) in [5.41, 5.74) is 8.11. The average molecular weight is 295 g/mol. The molecule has 0 aliphatic rings. The predicted octanol–water partition coefficient (Wildman–Crippen LogP) is 4.14. The van der Waals surface area contributed by atoms with E-state index in [1.165, 1.54) is 0 Å². The molecule has 19 heavy (non-hydrogen) atoms. The molecule has 98 valence electrons. The van der Waals surface area contributed by atoms with Gasteiger partial charge in [0.05, 0.1) is 11.4 Å². The van der Waals surface area contributed by atoms with Crippen molar-refractivity contribution in [1.82, 2.24) is 0 Å². The first-order valence-corrected chi connectivity index (χ1v) is 6.35. The van der Waals surface area contributed by atoms with Crippen molar-refractivity contribution in [2.24, 2.45) is 0 Å². The van der Waals surface area contributed by atoms with Crippen LogP contribution in [0.5, 0.6) is 0 Å². The summed E-state index contributed by atoms with van der Waals surface area (Å²) in [6.07, 6.45) is 0. The Hall–Kier alpha value is -1.71. The number of carbonyl (C=O) groups excluding carboxylic acids is 1. The number of benzene rings is 2. The molecule has 0 unspecified atom stereocenters. The van der Waals surface area contributed by atoms with E-state index in [4.69, 9.17) is 28.9 Å². The summed E-state index contributed by atoms with van der Waals surface area (Å²) in [4.78, 5) is 12.1. The zero-order valence-corrected chi connectivity index (χ0v) is 11.7. The van der Waals surface area contributed by atoms with Gasteiger partial charge in [0.25, 0.3) is 5.91 Å². The Bertz CT molecular complexity index is 641. The Kier molecular flexibility index (Phi) is 3.98. The van der Waals surface area contributed by atoms with Gasteiger partial charge in [-0.1, -0.05) is 29.3 Å². The van der Waals surface area contributed by atoms with Gasteiger partial charge in [-0.3, -0.25) is 4.79 Å². The van der Waals surface area contributed by atoms with Crippen LogP contribution in [0.25, 0.3) is 0 Å². The van der Waals surface area contributed by atoms with E-state index in [2.05, 4.69) is 5.32 Å². The van der Waals surface area contributed by atoms with E-state index in [0.29, 0.717) is 27.0 Å². The van der Waals surface area contributed by atoms with E-state index in [-0.39, 0.29) is 5.91 Å². The van der Waals surface area contributed by atoms with Gasteiger partial charge in [-0.05, 0) is 42.8 Å². The number of nitrogen functional groups attached to an aromatic ring is 1. The van der Waals surface area contributed by atoms with E-state index >= 15 is 0 Å². The molecular formula is C14H12Cl2N2O. The number of hydrogen-bond donors (Lipinski definition) is 2. The lowest BCUT2D eigenvalue weighted by molar-refractivity contribution is 0.102. The van der Waals surface area contributed by atoms with Crippen molar-refractivity contribution in [2.45, 2.75) is 6.92 Å². The smallest absolute Gasteiger partial charge is 0.255 e. The Morgan fingerprint density at radius 2 is 1.89 bits per heavy atom. The summed E-state index contributed by atoms with van der Waals surface area (Å²) in [6, 6.07) is 10.0.